The summed E-state index contributed by atoms with van der Waals surface area (Å²) in [6.07, 6.45) is 3.43. The third-order valence-electron chi connectivity index (χ3n) is 2.22. The van der Waals surface area contributed by atoms with Crippen LogP contribution >= 0.6 is 11.6 Å². The fourth-order valence-corrected chi connectivity index (χ4v) is 1.53. The lowest BCUT2D eigenvalue weighted by Gasteiger charge is -2.09. The molecule has 2 aromatic heterocycles. The Labute approximate surface area is 93.2 Å². The number of hydrogen-bond acceptors (Lipinski definition) is 3. The summed E-state index contributed by atoms with van der Waals surface area (Å²) in [5.41, 5.74) is 1.86. The van der Waals surface area contributed by atoms with Crippen molar-refractivity contribution in [3.05, 3.63) is 53.3 Å². The molecule has 0 aromatic carbocycles. The molecule has 0 aliphatic rings. The summed E-state index contributed by atoms with van der Waals surface area (Å²) in [6.45, 7) is 2.04. The Hall–Kier alpha value is -1.48. The molecule has 2 rings (SSSR count). The molecule has 1 atom stereocenters. The molecule has 0 spiro atoms. The van der Waals surface area contributed by atoms with Crippen LogP contribution in [0.3, 0.4) is 0 Å². The first-order valence-electron chi connectivity index (χ1n) is 4.67. The highest BCUT2D eigenvalue weighted by Crippen LogP contribution is 2.20. The average molecular weight is 220 g/mol. The maximum absolute atomic E-state index is 5.73. The van der Waals surface area contributed by atoms with Crippen LogP contribution in [0.15, 0.2) is 36.7 Å². The van der Waals surface area contributed by atoms with Crippen LogP contribution in [0, 0.1) is 0 Å². The third kappa shape index (κ3) is 2.30. The fraction of sp³-hybridized carbons (Fsp3) is 0.182. The lowest BCUT2D eigenvalue weighted by Crippen LogP contribution is -2.01. The average Bonchev–Trinajstić information content (AvgIpc) is 2.29. The minimum Gasteiger partial charge on any atom is -0.261 e. The van der Waals surface area contributed by atoms with Crippen molar-refractivity contribution >= 4 is 11.6 Å². The molecule has 0 saturated carbocycles. The highest BCUT2D eigenvalue weighted by Gasteiger charge is 2.10. The van der Waals surface area contributed by atoms with E-state index >= 15 is 0 Å². The number of aromatic nitrogens is 3. The first-order chi connectivity index (χ1) is 7.27. The van der Waals surface area contributed by atoms with Crippen molar-refractivity contribution in [3.63, 3.8) is 0 Å². The largest absolute Gasteiger partial charge is 0.261 e. The van der Waals surface area contributed by atoms with Gasteiger partial charge in [0.2, 0.25) is 5.28 Å². The van der Waals surface area contributed by atoms with Crippen molar-refractivity contribution in [1.82, 2.24) is 15.0 Å². The number of halogens is 1. The minimum absolute atomic E-state index is 0.131. The summed E-state index contributed by atoms with van der Waals surface area (Å²) in [4.78, 5) is 12.3. The van der Waals surface area contributed by atoms with Crippen molar-refractivity contribution in [3.8, 4) is 0 Å². The van der Waals surface area contributed by atoms with Gasteiger partial charge in [-0.15, -0.1) is 0 Å². The van der Waals surface area contributed by atoms with Gasteiger partial charge in [-0.2, -0.15) is 0 Å². The Morgan fingerprint density at radius 3 is 2.60 bits per heavy atom. The Morgan fingerprint density at radius 2 is 1.93 bits per heavy atom. The smallest absolute Gasteiger partial charge is 0.222 e. The molecule has 3 nitrogen and oxygen atoms in total. The Morgan fingerprint density at radius 1 is 1.07 bits per heavy atom. The van der Waals surface area contributed by atoms with Gasteiger partial charge < -0.3 is 0 Å². The second kappa shape index (κ2) is 4.36. The van der Waals surface area contributed by atoms with Crippen LogP contribution in [0.2, 0.25) is 5.28 Å². The normalized spacial score (nSPS) is 12.4. The number of hydrogen-bond donors (Lipinski definition) is 0. The standard InChI is InChI=1S/C11H10ClN3/c1-8(9-4-2-3-6-13-9)10-5-7-14-11(12)15-10/h2-8H,1H3. The van der Waals surface area contributed by atoms with Gasteiger partial charge in [-0.1, -0.05) is 13.0 Å². The number of nitrogens with zero attached hydrogens (tertiary/aromatic N) is 3. The van der Waals surface area contributed by atoms with E-state index in [1.54, 1.807) is 12.4 Å². The first-order valence-corrected chi connectivity index (χ1v) is 5.04. The predicted molar refractivity (Wildman–Crippen MR) is 58.8 cm³/mol. The molecule has 15 heavy (non-hydrogen) atoms. The van der Waals surface area contributed by atoms with E-state index in [4.69, 9.17) is 11.6 Å². The zero-order valence-electron chi connectivity index (χ0n) is 8.26. The molecule has 2 heterocycles. The van der Waals surface area contributed by atoms with Crippen LogP contribution in [0.4, 0.5) is 0 Å². The molecule has 0 fully saturated rings. The van der Waals surface area contributed by atoms with E-state index in [0.29, 0.717) is 0 Å². The van der Waals surface area contributed by atoms with E-state index < -0.39 is 0 Å². The van der Waals surface area contributed by atoms with Crippen molar-refractivity contribution in [2.24, 2.45) is 0 Å². The Bertz CT molecular complexity index is 445. The SMILES string of the molecule is CC(c1ccccn1)c1ccnc(Cl)n1. The van der Waals surface area contributed by atoms with E-state index in [1.165, 1.54) is 0 Å². The van der Waals surface area contributed by atoms with E-state index in [1.807, 2.05) is 31.2 Å². The second-order valence-electron chi connectivity index (χ2n) is 3.23. The van der Waals surface area contributed by atoms with Gasteiger partial charge in [-0.05, 0) is 29.8 Å². The van der Waals surface area contributed by atoms with Crippen LogP contribution in [0.25, 0.3) is 0 Å². The van der Waals surface area contributed by atoms with Gasteiger partial charge in [0.1, 0.15) is 0 Å². The van der Waals surface area contributed by atoms with E-state index in [0.717, 1.165) is 11.4 Å². The van der Waals surface area contributed by atoms with Gasteiger partial charge in [0.05, 0.1) is 5.69 Å². The number of rotatable bonds is 2. The summed E-state index contributed by atoms with van der Waals surface area (Å²) in [7, 11) is 0. The Balaban J connectivity index is 2.32. The van der Waals surface area contributed by atoms with E-state index in [9.17, 15) is 0 Å². The molecule has 2 aromatic rings. The van der Waals surface area contributed by atoms with Crippen molar-refractivity contribution in [2.75, 3.05) is 0 Å². The zero-order valence-corrected chi connectivity index (χ0v) is 9.02. The molecule has 76 valence electrons. The van der Waals surface area contributed by atoms with Crippen molar-refractivity contribution in [2.45, 2.75) is 12.8 Å². The van der Waals surface area contributed by atoms with Gasteiger partial charge in [0.15, 0.2) is 0 Å². The predicted octanol–water partition coefficient (Wildman–Crippen LogP) is 2.68. The van der Waals surface area contributed by atoms with Gasteiger partial charge >= 0.3 is 0 Å². The molecular formula is C11H10ClN3. The maximum atomic E-state index is 5.73. The van der Waals surface area contributed by atoms with Crippen LogP contribution in [0.1, 0.15) is 24.2 Å². The van der Waals surface area contributed by atoms with Crippen molar-refractivity contribution < 1.29 is 0 Å². The zero-order chi connectivity index (χ0) is 10.7. The second-order valence-corrected chi connectivity index (χ2v) is 3.56. The Kier molecular flexibility index (Phi) is 2.92. The van der Waals surface area contributed by atoms with Gasteiger partial charge in [-0.3, -0.25) is 4.98 Å². The summed E-state index contributed by atoms with van der Waals surface area (Å²) >= 11 is 5.73. The molecule has 0 amide bonds. The fourth-order valence-electron chi connectivity index (χ4n) is 1.37. The lowest BCUT2D eigenvalue weighted by atomic mass is 10.0. The highest BCUT2D eigenvalue weighted by atomic mass is 35.5. The van der Waals surface area contributed by atoms with Crippen LogP contribution in [-0.4, -0.2) is 15.0 Å². The molecule has 0 aliphatic heterocycles. The quantitative estimate of drug-likeness (QED) is 0.729. The molecule has 0 saturated heterocycles. The maximum Gasteiger partial charge on any atom is 0.222 e. The molecule has 0 bridgehead atoms. The molecule has 0 N–H and O–H groups in total. The minimum atomic E-state index is 0.131. The summed E-state index contributed by atoms with van der Waals surface area (Å²) in [6, 6.07) is 7.68. The summed E-state index contributed by atoms with van der Waals surface area (Å²) < 4.78 is 0. The highest BCUT2D eigenvalue weighted by molar-refractivity contribution is 6.28. The van der Waals surface area contributed by atoms with Crippen LogP contribution < -0.4 is 0 Å². The van der Waals surface area contributed by atoms with Crippen LogP contribution in [-0.2, 0) is 0 Å². The van der Waals surface area contributed by atoms with Gasteiger partial charge in [-0.25, -0.2) is 9.97 Å². The van der Waals surface area contributed by atoms with Crippen molar-refractivity contribution in [1.29, 1.82) is 0 Å². The molecule has 4 heteroatoms. The summed E-state index contributed by atoms with van der Waals surface area (Å²) in [5, 5.41) is 0.273. The molecule has 0 radical (unpaired) electrons. The first kappa shape index (κ1) is 10.1. The van der Waals surface area contributed by atoms with E-state index in [-0.39, 0.29) is 11.2 Å². The summed E-state index contributed by atoms with van der Waals surface area (Å²) in [5.74, 6) is 0.131. The molecule has 0 aliphatic carbocycles. The van der Waals surface area contributed by atoms with Crippen LogP contribution in [0.5, 0.6) is 0 Å². The van der Waals surface area contributed by atoms with Gasteiger partial charge in [0.25, 0.3) is 0 Å². The monoisotopic (exact) mass is 219 g/mol. The lowest BCUT2D eigenvalue weighted by molar-refractivity contribution is 0.824. The number of pyridine rings is 1. The van der Waals surface area contributed by atoms with Gasteiger partial charge in [0, 0.05) is 24.0 Å². The topological polar surface area (TPSA) is 38.7 Å². The molecule has 1 unspecified atom stereocenters. The molecular weight excluding hydrogens is 210 g/mol. The van der Waals surface area contributed by atoms with E-state index in [2.05, 4.69) is 15.0 Å². The third-order valence-corrected chi connectivity index (χ3v) is 2.40.